The normalized spacial score (nSPS) is 12.8. The molecule has 1 rings (SSSR count). The Morgan fingerprint density at radius 1 is 1.54 bits per heavy atom. The fraction of sp³-hybridized carbons (Fsp3) is 0.400. The largest absolute Gasteiger partial charge is 0.505 e. The summed E-state index contributed by atoms with van der Waals surface area (Å²) >= 11 is 0. The van der Waals surface area contributed by atoms with Gasteiger partial charge in [-0.15, -0.1) is 0 Å². The summed E-state index contributed by atoms with van der Waals surface area (Å²) < 4.78 is 12.9. The van der Waals surface area contributed by atoms with Crippen LogP contribution in [0.15, 0.2) is 18.2 Å². The maximum atomic E-state index is 12.9. The van der Waals surface area contributed by atoms with Crippen molar-refractivity contribution < 1.29 is 9.50 Å². The van der Waals surface area contributed by atoms with Crippen molar-refractivity contribution in [2.24, 2.45) is 0 Å². The van der Waals surface area contributed by atoms with Gasteiger partial charge in [-0.25, -0.2) is 4.39 Å². The number of hydrogen-bond donors (Lipinski definition) is 2. The van der Waals surface area contributed by atoms with Gasteiger partial charge in [-0.1, -0.05) is 19.1 Å². The van der Waals surface area contributed by atoms with Crippen LogP contribution in [0.5, 0.6) is 5.75 Å². The number of aromatic hydroxyl groups is 1. The van der Waals surface area contributed by atoms with Gasteiger partial charge in [0, 0.05) is 11.6 Å². The fourth-order valence-electron chi connectivity index (χ4n) is 1.30. The van der Waals surface area contributed by atoms with E-state index in [1.54, 1.807) is 12.1 Å². The zero-order valence-electron chi connectivity index (χ0n) is 7.84. The average Bonchev–Trinajstić information content (AvgIpc) is 2.10. The molecule has 1 atom stereocenters. The number of phenols is 1. The molecule has 1 aromatic carbocycles. The van der Waals surface area contributed by atoms with E-state index in [-0.39, 0.29) is 11.8 Å². The highest BCUT2D eigenvalue weighted by atomic mass is 19.1. The minimum Gasteiger partial charge on any atom is -0.505 e. The molecule has 0 aromatic heterocycles. The Balaban J connectivity index is 2.93. The molecule has 2 nitrogen and oxygen atoms in total. The first-order valence-electron chi connectivity index (χ1n) is 4.37. The van der Waals surface area contributed by atoms with Crippen LogP contribution in [0.25, 0.3) is 0 Å². The minimum atomic E-state index is -0.567. The Morgan fingerprint density at radius 3 is 2.85 bits per heavy atom. The maximum absolute atomic E-state index is 12.9. The summed E-state index contributed by atoms with van der Waals surface area (Å²) in [5.74, 6) is -0.821. The summed E-state index contributed by atoms with van der Waals surface area (Å²) in [7, 11) is 0. The second-order valence-corrected chi connectivity index (χ2v) is 2.96. The van der Waals surface area contributed by atoms with E-state index >= 15 is 0 Å². The van der Waals surface area contributed by atoms with Gasteiger partial charge in [0.1, 0.15) is 0 Å². The lowest BCUT2D eigenvalue weighted by Gasteiger charge is -2.14. The van der Waals surface area contributed by atoms with Crippen LogP contribution >= 0.6 is 0 Å². The van der Waals surface area contributed by atoms with Crippen molar-refractivity contribution in [3.05, 3.63) is 29.6 Å². The molecule has 2 N–H and O–H groups in total. The first-order valence-corrected chi connectivity index (χ1v) is 4.37. The number of halogens is 1. The molecule has 0 fully saturated rings. The minimum absolute atomic E-state index is 0.0271. The Hall–Kier alpha value is -1.09. The van der Waals surface area contributed by atoms with E-state index < -0.39 is 5.82 Å². The highest BCUT2D eigenvalue weighted by Crippen LogP contribution is 2.26. The molecule has 1 unspecified atom stereocenters. The predicted molar refractivity (Wildman–Crippen MR) is 50.2 cm³/mol. The van der Waals surface area contributed by atoms with E-state index in [4.69, 9.17) is 0 Å². The number of rotatable bonds is 3. The van der Waals surface area contributed by atoms with Crippen LogP contribution in [0, 0.1) is 5.82 Å². The van der Waals surface area contributed by atoms with Gasteiger partial charge in [0.15, 0.2) is 11.6 Å². The summed E-state index contributed by atoms with van der Waals surface area (Å²) in [5, 5.41) is 12.5. The van der Waals surface area contributed by atoms with Gasteiger partial charge in [0.2, 0.25) is 0 Å². The van der Waals surface area contributed by atoms with Crippen LogP contribution in [0.1, 0.15) is 25.5 Å². The zero-order chi connectivity index (χ0) is 9.84. The first-order chi connectivity index (χ1) is 6.16. The molecule has 0 aliphatic heterocycles. The van der Waals surface area contributed by atoms with E-state index in [0.717, 1.165) is 6.54 Å². The average molecular weight is 183 g/mol. The molecule has 0 aliphatic rings. The van der Waals surface area contributed by atoms with Crippen LogP contribution in [0.3, 0.4) is 0 Å². The fourth-order valence-corrected chi connectivity index (χ4v) is 1.30. The van der Waals surface area contributed by atoms with Crippen LogP contribution in [0.2, 0.25) is 0 Å². The molecule has 0 radical (unpaired) electrons. The number of hydrogen-bond acceptors (Lipinski definition) is 2. The van der Waals surface area contributed by atoms with Crippen LogP contribution in [-0.2, 0) is 0 Å². The van der Waals surface area contributed by atoms with Gasteiger partial charge < -0.3 is 10.4 Å². The molecule has 1 aromatic rings. The van der Waals surface area contributed by atoms with E-state index in [2.05, 4.69) is 5.32 Å². The number of benzene rings is 1. The molecule has 0 spiro atoms. The summed E-state index contributed by atoms with van der Waals surface area (Å²) in [5.41, 5.74) is 0.599. The molecule has 0 saturated heterocycles. The highest BCUT2D eigenvalue weighted by Gasteiger charge is 2.11. The quantitative estimate of drug-likeness (QED) is 0.753. The van der Waals surface area contributed by atoms with Gasteiger partial charge in [0.05, 0.1) is 0 Å². The van der Waals surface area contributed by atoms with Crippen LogP contribution in [-0.4, -0.2) is 11.7 Å². The van der Waals surface area contributed by atoms with Gasteiger partial charge in [0.25, 0.3) is 0 Å². The van der Waals surface area contributed by atoms with Crippen molar-refractivity contribution in [2.75, 3.05) is 6.54 Å². The third-order valence-electron chi connectivity index (χ3n) is 1.99. The lowest BCUT2D eigenvalue weighted by Crippen LogP contribution is -2.17. The maximum Gasteiger partial charge on any atom is 0.165 e. The second-order valence-electron chi connectivity index (χ2n) is 2.96. The lowest BCUT2D eigenvalue weighted by molar-refractivity contribution is 0.416. The lowest BCUT2D eigenvalue weighted by atomic mass is 10.1. The Labute approximate surface area is 77.4 Å². The monoisotopic (exact) mass is 183 g/mol. The summed E-state index contributed by atoms with van der Waals surface area (Å²) in [6.45, 7) is 4.64. The molecule has 0 bridgehead atoms. The summed E-state index contributed by atoms with van der Waals surface area (Å²) in [6, 6.07) is 4.53. The Morgan fingerprint density at radius 2 is 2.23 bits per heavy atom. The summed E-state index contributed by atoms with van der Waals surface area (Å²) in [6.07, 6.45) is 0. The van der Waals surface area contributed by atoms with Gasteiger partial charge in [-0.05, 0) is 19.5 Å². The van der Waals surface area contributed by atoms with Crippen LogP contribution < -0.4 is 5.32 Å². The van der Waals surface area contributed by atoms with Crippen molar-refractivity contribution in [1.29, 1.82) is 0 Å². The van der Waals surface area contributed by atoms with Gasteiger partial charge in [-0.3, -0.25) is 0 Å². The molecule has 3 heteroatoms. The van der Waals surface area contributed by atoms with E-state index in [1.807, 2.05) is 13.8 Å². The highest BCUT2D eigenvalue weighted by molar-refractivity contribution is 5.35. The van der Waals surface area contributed by atoms with E-state index in [9.17, 15) is 9.50 Å². The predicted octanol–water partition coefficient (Wildman–Crippen LogP) is 2.20. The number of nitrogens with one attached hydrogen (secondary N) is 1. The Kier molecular flexibility index (Phi) is 3.25. The number of para-hydroxylation sites is 1. The van der Waals surface area contributed by atoms with Crippen molar-refractivity contribution >= 4 is 0 Å². The third kappa shape index (κ3) is 2.18. The molecule has 13 heavy (non-hydrogen) atoms. The van der Waals surface area contributed by atoms with E-state index in [0.29, 0.717) is 5.56 Å². The molecular weight excluding hydrogens is 169 g/mol. The smallest absolute Gasteiger partial charge is 0.165 e. The van der Waals surface area contributed by atoms with Crippen molar-refractivity contribution in [3.63, 3.8) is 0 Å². The number of phenolic OH excluding ortho intramolecular Hbond substituents is 1. The van der Waals surface area contributed by atoms with Gasteiger partial charge >= 0.3 is 0 Å². The first kappa shape index (κ1) is 9.99. The molecule has 72 valence electrons. The third-order valence-corrected chi connectivity index (χ3v) is 1.99. The second kappa shape index (κ2) is 4.23. The topological polar surface area (TPSA) is 32.3 Å². The van der Waals surface area contributed by atoms with Crippen molar-refractivity contribution in [2.45, 2.75) is 19.9 Å². The van der Waals surface area contributed by atoms with Crippen LogP contribution in [0.4, 0.5) is 4.39 Å². The molecular formula is C10H14FNO. The van der Waals surface area contributed by atoms with Gasteiger partial charge in [-0.2, -0.15) is 0 Å². The summed E-state index contributed by atoms with van der Waals surface area (Å²) in [4.78, 5) is 0. The molecule has 0 saturated carbocycles. The zero-order valence-corrected chi connectivity index (χ0v) is 7.84. The Bertz CT molecular complexity index is 288. The SMILES string of the molecule is CCNC(C)c1cccc(F)c1O. The molecule has 0 amide bonds. The molecule has 0 aliphatic carbocycles. The van der Waals surface area contributed by atoms with Crippen molar-refractivity contribution in [3.8, 4) is 5.75 Å². The standard InChI is InChI=1S/C10H14FNO/c1-3-12-7(2)8-5-4-6-9(11)10(8)13/h4-7,12-13H,3H2,1-2H3. The molecule has 0 heterocycles. The van der Waals surface area contributed by atoms with Crippen molar-refractivity contribution in [1.82, 2.24) is 5.32 Å². The van der Waals surface area contributed by atoms with E-state index in [1.165, 1.54) is 6.07 Å².